The number of aliphatic hydroxyl groups excluding tert-OH is 1. The molecule has 0 saturated carbocycles. The lowest BCUT2D eigenvalue weighted by Gasteiger charge is -2.18. The van der Waals surface area contributed by atoms with Gasteiger partial charge >= 0.3 is 6.18 Å². The molecule has 11 heteroatoms. The Kier molecular flexibility index (Phi) is 4.21. The average Bonchev–Trinajstić information content (AvgIpc) is 3.11. The molecule has 0 aliphatic rings. The molecule has 1 atom stereocenters. The van der Waals surface area contributed by atoms with E-state index in [-0.39, 0.29) is 11.2 Å². The topological polar surface area (TPSA) is 94.5 Å². The predicted octanol–water partition coefficient (Wildman–Crippen LogP) is 1.84. The van der Waals surface area contributed by atoms with Gasteiger partial charge in [0.1, 0.15) is 11.5 Å². The van der Waals surface area contributed by atoms with Crippen molar-refractivity contribution in [3.05, 3.63) is 18.1 Å². The van der Waals surface area contributed by atoms with E-state index < -0.39 is 24.2 Å². The molecule has 140 valence electrons. The number of rotatable bonds is 3. The number of hydrogen-bond donors (Lipinski definition) is 1. The molecule has 0 aromatic carbocycles. The van der Waals surface area contributed by atoms with E-state index in [1.165, 1.54) is 0 Å². The third kappa shape index (κ3) is 3.26. The molecule has 3 rings (SSSR count). The monoisotopic (exact) mass is 369 g/mol. The van der Waals surface area contributed by atoms with Crippen LogP contribution < -0.4 is 0 Å². The summed E-state index contributed by atoms with van der Waals surface area (Å²) in [6.45, 7) is 4.87. The molecule has 0 fully saturated rings. The largest absolute Gasteiger partial charge is 0.416 e. The fraction of sp³-hybridized carbons (Fsp3) is 0.533. The van der Waals surface area contributed by atoms with E-state index in [1.54, 1.807) is 24.0 Å². The van der Waals surface area contributed by atoms with Gasteiger partial charge in [-0.15, -0.1) is 5.10 Å². The quantitative estimate of drug-likeness (QED) is 0.757. The van der Waals surface area contributed by atoms with Crippen LogP contribution in [0.5, 0.6) is 0 Å². The minimum absolute atomic E-state index is 0.129. The van der Waals surface area contributed by atoms with Gasteiger partial charge in [-0.05, 0) is 6.07 Å². The van der Waals surface area contributed by atoms with Crippen molar-refractivity contribution in [2.75, 3.05) is 0 Å². The SMILES string of the molecule is Cn1nccc1-c1nc(C(C)(C)C)nc2c1nnn2C[C@H](O)C(F)(F)F. The van der Waals surface area contributed by atoms with E-state index in [2.05, 4.69) is 25.4 Å². The third-order valence-corrected chi connectivity index (χ3v) is 3.82. The highest BCUT2D eigenvalue weighted by Crippen LogP contribution is 2.29. The minimum Gasteiger partial charge on any atom is -0.382 e. The number of aromatic nitrogens is 7. The molecule has 0 amide bonds. The number of fused-ring (bicyclic) bond motifs is 1. The summed E-state index contributed by atoms with van der Waals surface area (Å²) in [5.74, 6) is 0.422. The molecule has 26 heavy (non-hydrogen) atoms. The number of alkyl halides is 3. The van der Waals surface area contributed by atoms with Crippen molar-refractivity contribution >= 4 is 11.2 Å². The molecule has 0 bridgehead atoms. The van der Waals surface area contributed by atoms with Gasteiger partial charge in [-0.1, -0.05) is 26.0 Å². The highest BCUT2D eigenvalue weighted by molar-refractivity contribution is 5.85. The Labute approximate surface area is 146 Å². The third-order valence-electron chi connectivity index (χ3n) is 3.82. The number of aryl methyl sites for hydroxylation is 1. The summed E-state index contributed by atoms with van der Waals surface area (Å²) in [5.41, 5.74) is 0.971. The van der Waals surface area contributed by atoms with E-state index in [1.807, 2.05) is 20.8 Å². The van der Waals surface area contributed by atoms with Crippen molar-refractivity contribution in [1.82, 2.24) is 34.7 Å². The van der Waals surface area contributed by atoms with Crippen molar-refractivity contribution in [3.63, 3.8) is 0 Å². The Morgan fingerprint density at radius 3 is 2.42 bits per heavy atom. The summed E-state index contributed by atoms with van der Waals surface area (Å²) >= 11 is 0. The van der Waals surface area contributed by atoms with Crippen molar-refractivity contribution in [2.45, 2.75) is 45.0 Å². The first-order chi connectivity index (χ1) is 12.0. The lowest BCUT2D eigenvalue weighted by atomic mass is 9.95. The number of nitrogens with zero attached hydrogens (tertiary/aromatic N) is 7. The minimum atomic E-state index is -4.76. The van der Waals surface area contributed by atoms with Crippen LogP contribution >= 0.6 is 0 Å². The molecule has 3 aromatic rings. The predicted molar refractivity (Wildman–Crippen MR) is 86.1 cm³/mol. The molecule has 3 heterocycles. The van der Waals surface area contributed by atoms with E-state index in [4.69, 9.17) is 0 Å². The summed E-state index contributed by atoms with van der Waals surface area (Å²) in [6, 6.07) is 1.72. The van der Waals surface area contributed by atoms with Crippen LogP contribution in [0.15, 0.2) is 12.3 Å². The lowest BCUT2D eigenvalue weighted by Crippen LogP contribution is -2.33. The van der Waals surface area contributed by atoms with Gasteiger partial charge in [-0.3, -0.25) is 4.68 Å². The van der Waals surface area contributed by atoms with Crippen LogP contribution in [-0.2, 0) is 19.0 Å². The first-order valence-electron chi connectivity index (χ1n) is 7.83. The van der Waals surface area contributed by atoms with Crippen LogP contribution in [0.4, 0.5) is 13.2 Å². The molecule has 0 aliphatic heterocycles. The van der Waals surface area contributed by atoms with Crippen molar-refractivity contribution in [2.24, 2.45) is 7.05 Å². The second-order valence-electron chi connectivity index (χ2n) is 6.99. The van der Waals surface area contributed by atoms with Crippen LogP contribution in [-0.4, -0.2) is 52.1 Å². The van der Waals surface area contributed by atoms with Crippen LogP contribution in [0.25, 0.3) is 22.6 Å². The molecule has 0 spiro atoms. The Balaban J connectivity index is 2.21. The molecule has 3 aromatic heterocycles. The molecule has 0 unspecified atom stereocenters. The van der Waals surface area contributed by atoms with Crippen LogP contribution in [0.1, 0.15) is 26.6 Å². The molecule has 8 nitrogen and oxygen atoms in total. The van der Waals surface area contributed by atoms with Crippen molar-refractivity contribution < 1.29 is 18.3 Å². The Bertz CT molecular complexity index is 939. The zero-order chi connectivity index (χ0) is 19.3. The fourth-order valence-corrected chi connectivity index (χ4v) is 2.37. The van der Waals surface area contributed by atoms with Gasteiger partial charge in [0.25, 0.3) is 0 Å². The van der Waals surface area contributed by atoms with Gasteiger partial charge in [-0.25, -0.2) is 14.6 Å². The number of halogens is 3. The van der Waals surface area contributed by atoms with Crippen molar-refractivity contribution in [3.8, 4) is 11.4 Å². The van der Waals surface area contributed by atoms with Crippen LogP contribution in [0.3, 0.4) is 0 Å². The van der Waals surface area contributed by atoms with E-state index in [0.717, 1.165) is 4.68 Å². The van der Waals surface area contributed by atoms with E-state index >= 15 is 0 Å². The lowest BCUT2D eigenvalue weighted by molar-refractivity contribution is -0.207. The van der Waals surface area contributed by atoms with Crippen LogP contribution in [0, 0.1) is 0 Å². The highest BCUT2D eigenvalue weighted by Gasteiger charge is 2.39. The van der Waals surface area contributed by atoms with Gasteiger partial charge in [-0.2, -0.15) is 18.3 Å². The summed E-state index contributed by atoms with van der Waals surface area (Å²) in [6.07, 6.45) is -5.75. The number of aliphatic hydroxyl groups is 1. The molecule has 1 N–H and O–H groups in total. The van der Waals surface area contributed by atoms with Gasteiger partial charge in [0.15, 0.2) is 17.3 Å². The van der Waals surface area contributed by atoms with Gasteiger partial charge in [0.05, 0.1) is 12.2 Å². The fourth-order valence-electron chi connectivity index (χ4n) is 2.37. The normalized spacial score (nSPS) is 14.2. The maximum absolute atomic E-state index is 12.7. The first kappa shape index (κ1) is 18.2. The maximum atomic E-state index is 12.7. The van der Waals surface area contributed by atoms with Gasteiger partial charge < -0.3 is 5.11 Å². The first-order valence-corrected chi connectivity index (χ1v) is 7.83. The van der Waals surface area contributed by atoms with Gasteiger partial charge in [0.2, 0.25) is 0 Å². The summed E-state index contributed by atoms with van der Waals surface area (Å²) in [5, 5.41) is 21.2. The Morgan fingerprint density at radius 1 is 1.19 bits per heavy atom. The van der Waals surface area contributed by atoms with Gasteiger partial charge in [0, 0.05) is 18.7 Å². The Morgan fingerprint density at radius 2 is 1.88 bits per heavy atom. The summed E-state index contributed by atoms with van der Waals surface area (Å²) in [7, 11) is 1.72. The highest BCUT2D eigenvalue weighted by atomic mass is 19.4. The zero-order valence-corrected chi connectivity index (χ0v) is 14.7. The second kappa shape index (κ2) is 6.01. The number of hydrogen-bond acceptors (Lipinski definition) is 6. The molecule has 0 aliphatic carbocycles. The Hall–Kier alpha value is -2.56. The smallest absolute Gasteiger partial charge is 0.382 e. The summed E-state index contributed by atoms with van der Waals surface area (Å²) in [4.78, 5) is 8.90. The average molecular weight is 369 g/mol. The standard InChI is InChI=1S/C15H18F3N7O/c1-14(2,3)13-20-10(8-5-6-19-24(8)4)11-12(21-13)25(23-22-11)7-9(26)15(16,17)18/h5-6,9,26H,7H2,1-4H3/t9-/m0/s1. The zero-order valence-electron chi connectivity index (χ0n) is 14.7. The van der Waals surface area contributed by atoms with E-state index in [0.29, 0.717) is 17.2 Å². The summed E-state index contributed by atoms with van der Waals surface area (Å²) < 4.78 is 40.7. The maximum Gasteiger partial charge on any atom is 0.416 e. The molecular weight excluding hydrogens is 351 g/mol. The molecule has 0 saturated heterocycles. The van der Waals surface area contributed by atoms with Crippen LogP contribution in [0.2, 0.25) is 0 Å². The molecular formula is C15H18F3N7O. The molecule has 0 radical (unpaired) electrons. The second-order valence-corrected chi connectivity index (χ2v) is 6.99. The van der Waals surface area contributed by atoms with Crippen molar-refractivity contribution in [1.29, 1.82) is 0 Å². The van der Waals surface area contributed by atoms with E-state index in [9.17, 15) is 18.3 Å².